The zero-order valence-corrected chi connectivity index (χ0v) is 11.6. The van der Waals surface area contributed by atoms with Crippen molar-refractivity contribution in [3.05, 3.63) is 0 Å². The first-order valence-electron chi connectivity index (χ1n) is 7.46. The molecule has 1 saturated carbocycles. The lowest BCUT2D eigenvalue weighted by atomic mass is 9.69. The van der Waals surface area contributed by atoms with Crippen LogP contribution < -0.4 is 5.73 Å². The van der Waals surface area contributed by atoms with Gasteiger partial charge >= 0.3 is 0 Å². The Kier molecular flexibility index (Phi) is 4.48. The number of hydrogen-bond donors (Lipinski definition) is 1. The van der Waals surface area contributed by atoms with Crippen molar-refractivity contribution in [3.8, 4) is 0 Å². The van der Waals surface area contributed by atoms with Gasteiger partial charge in [0.05, 0.1) is 0 Å². The molecule has 1 aliphatic carbocycles. The summed E-state index contributed by atoms with van der Waals surface area (Å²) in [6, 6.07) is 0. The molecule has 0 aromatic rings. The minimum Gasteiger partial charge on any atom is -0.381 e. The van der Waals surface area contributed by atoms with E-state index in [1.54, 1.807) is 0 Å². The molecule has 2 nitrogen and oxygen atoms in total. The minimum atomic E-state index is 0.146. The average Bonchev–Trinajstić information content (AvgIpc) is 2.30. The second-order valence-electron chi connectivity index (χ2n) is 6.70. The van der Waals surface area contributed by atoms with Crippen molar-refractivity contribution in [1.82, 2.24) is 0 Å². The lowest BCUT2D eigenvalue weighted by molar-refractivity contribution is 0.0496. The number of ether oxygens (including phenoxy) is 1. The highest BCUT2D eigenvalue weighted by Crippen LogP contribution is 2.39. The summed E-state index contributed by atoms with van der Waals surface area (Å²) in [6.07, 6.45) is 8.87. The maximum Gasteiger partial charge on any atom is 0.0468 e. The lowest BCUT2D eigenvalue weighted by Crippen LogP contribution is -2.46. The summed E-state index contributed by atoms with van der Waals surface area (Å²) in [5.41, 5.74) is 6.76. The third-order valence-corrected chi connectivity index (χ3v) is 5.00. The summed E-state index contributed by atoms with van der Waals surface area (Å²) in [5.74, 6) is 2.58. The molecule has 2 heteroatoms. The smallest absolute Gasteiger partial charge is 0.0468 e. The molecular weight excluding hydrogens is 210 g/mol. The van der Waals surface area contributed by atoms with Crippen LogP contribution in [-0.4, -0.2) is 18.8 Å². The summed E-state index contributed by atoms with van der Waals surface area (Å²) in [4.78, 5) is 0. The van der Waals surface area contributed by atoms with Crippen LogP contribution in [0.1, 0.15) is 58.8 Å². The molecule has 0 atom stereocenters. The van der Waals surface area contributed by atoms with Crippen molar-refractivity contribution in [2.75, 3.05) is 13.2 Å². The Balaban J connectivity index is 1.80. The normalized spacial score (nSPS) is 36.4. The van der Waals surface area contributed by atoms with Crippen LogP contribution in [0.4, 0.5) is 0 Å². The Labute approximate surface area is 106 Å². The van der Waals surface area contributed by atoms with Crippen LogP contribution in [-0.2, 0) is 4.74 Å². The quantitative estimate of drug-likeness (QED) is 0.819. The van der Waals surface area contributed by atoms with Gasteiger partial charge in [-0.3, -0.25) is 0 Å². The zero-order chi connectivity index (χ0) is 12.3. The van der Waals surface area contributed by atoms with Crippen molar-refractivity contribution in [1.29, 1.82) is 0 Å². The molecule has 1 aliphatic heterocycles. The maximum atomic E-state index is 6.61. The molecule has 2 rings (SSSR count). The first kappa shape index (κ1) is 13.4. The number of nitrogens with two attached hydrogens (primary N) is 1. The highest BCUT2D eigenvalue weighted by atomic mass is 16.5. The predicted octanol–water partition coefficient (Wildman–Crippen LogP) is 3.35. The fourth-order valence-electron chi connectivity index (χ4n) is 3.61. The van der Waals surface area contributed by atoms with Crippen LogP contribution in [0.15, 0.2) is 0 Å². The van der Waals surface area contributed by atoms with Crippen molar-refractivity contribution in [2.24, 2.45) is 23.5 Å². The van der Waals surface area contributed by atoms with Crippen LogP contribution in [0.25, 0.3) is 0 Å². The van der Waals surface area contributed by atoms with E-state index in [1.165, 1.54) is 44.9 Å². The second-order valence-corrected chi connectivity index (χ2v) is 6.70. The van der Waals surface area contributed by atoms with E-state index in [0.29, 0.717) is 0 Å². The Morgan fingerprint density at radius 1 is 1.12 bits per heavy atom. The van der Waals surface area contributed by atoms with E-state index in [1.807, 2.05) is 0 Å². The van der Waals surface area contributed by atoms with E-state index < -0.39 is 0 Å². The molecule has 0 bridgehead atoms. The Hall–Kier alpha value is -0.0800. The molecule has 0 unspecified atom stereocenters. The average molecular weight is 239 g/mol. The molecule has 0 aromatic heterocycles. The third kappa shape index (κ3) is 3.69. The molecule has 1 saturated heterocycles. The van der Waals surface area contributed by atoms with Crippen molar-refractivity contribution >= 4 is 0 Å². The van der Waals surface area contributed by atoms with Crippen molar-refractivity contribution in [2.45, 2.75) is 64.3 Å². The van der Waals surface area contributed by atoms with Gasteiger partial charge in [0.2, 0.25) is 0 Å². The summed E-state index contributed by atoms with van der Waals surface area (Å²) in [7, 11) is 0. The van der Waals surface area contributed by atoms with Crippen LogP contribution >= 0.6 is 0 Å². The Morgan fingerprint density at radius 3 is 2.24 bits per heavy atom. The number of rotatable bonds is 3. The van der Waals surface area contributed by atoms with Crippen LogP contribution in [0.3, 0.4) is 0 Å². The van der Waals surface area contributed by atoms with Gasteiger partial charge in [0.1, 0.15) is 0 Å². The molecule has 2 fully saturated rings. The van der Waals surface area contributed by atoms with Crippen LogP contribution in [0.2, 0.25) is 0 Å². The third-order valence-electron chi connectivity index (χ3n) is 5.00. The van der Waals surface area contributed by atoms with Gasteiger partial charge in [0, 0.05) is 18.8 Å². The van der Waals surface area contributed by atoms with Crippen molar-refractivity contribution < 1.29 is 4.74 Å². The van der Waals surface area contributed by atoms with E-state index >= 15 is 0 Å². The summed E-state index contributed by atoms with van der Waals surface area (Å²) in [5, 5.41) is 0. The van der Waals surface area contributed by atoms with Gasteiger partial charge in [0.25, 0.3) is 0 Å². The van der Waals surface area contributed by atoms with E-state index in [2.05, 4.69) is 13.8 Å². The fourth-order valence-corrected chi connectivity index (χ4v) is 3.61. The first-order chi connectivity index (χ1) is 8.09. The molecule has 0 radical (unpaired) electrons. The molecule has 0 aromatic carbocycles. The Bertz CT molecular complexity index is 225. The summed E-state index contributed by atoms with van der Waals surface area (Å²) in [6.45, 7) is 6.62. The van der Waals surface area contributed by atoms with E-state index in [4.69, 9.17) is 10.5 Å². The van der Waals surface area contributed by atoms with Gasteiger partial charge in [-0.15, -0.1) is 0 Å². The van der Waals surface area contributed by atoms with Crippen molar-refractivity contribution in [3.63, 3.8) is 0 Å². The van der Waals surface area contributed by atoms with Gasteiger partial charge < -0.3 is 10.5 Å². The Morgan fingerprint density at radius 2 is 1.71 bits per heavy atom. The number of hydrogen-bond acceptors (Lipinski definition) is 2. The highest BCUT2D eigenvalue weighted by molar-refractivity contribution is 4.92. The topological polar surface area (TPSA) is 35.2 Å². The molecule has 2 aliphatic rings. The van der Waals surface area contributed by atoms with Crippen LogP contribution in [0.5, 0.6) is 0 Å². The van der Waals surface area contributed by atoms with E-state index in [-0.39, 0.29) is 5.54 Å². The molecule has 17 heavy (non-hydrogen) atoms. The molecule has 0 amide bonds. The monoisotopic (exact) mass is 239 g/mol. The predicted molar refractivity (Wildman–Crippen MR) is 71.9 cm³/mol. The fraction of sp³-hybridized carbons (Fsp3) is 1.00. The SMILES string of the molecule is CC(C)C1CCC(N)(CC2CCOCC2)CC1. The largest absolute Gasteiger partial charge is 0.381 e. The van der Waals surface area contributed by atoms with E-state index in [0.717, 1.165) is 31.0 Å². The van der Waals surface area contributed by atoms with Gasteiger partial charge in [-0.2, -0.15) is 0 Å². The zero-order valence-electron chi connectivity index (χ0n) is 11.6. The summed E-state index contributed by atoms with van der Waals surface area (Å²) < 4.78 is 5.43. The highest BCUT2D eigenvalue weighted by Gasteiger charge is 2.34. The standard InChI is InChI=1S/C15H29NO/c1-12(2)14-3-7-15(16,8-4-14)11-13-5-9-17-10-6-13/h12-14H,3-11,16H2,1-2H3. The van der Waals surface area contributed by atoms with Crippen LogP contribution in [0, 0.1) is 17.8 Å². The van der Waals surface area contributed by atoms with Gasteiger partial charge in [-0.1, -0.05) is 13.8 Å². The second kappa shape index (κ2) is 5.71. The van der Waals surface area contributed by atoms with E-state index in [9.17, 15) is 0 Å². The molecule has 1 heterocycles. The molecule has 0 spiro atoms. The van der Waals surface area contributed by atoms with Gasteiger partial charge in [0.15, 0.2) is 0 Å². The first-order valence-corrected chi connectivity index (χ1v) is 7.46. The summed E-state index contributed by atoms with van der Waals surface area (Å²) >= 11 is 0. The molecular formula is C15H29NO. The maximum absolute atomic E-state index is 6.61. The molecule has 2 N–H and O–H groups in total. The lowest BCUT2D eigenvalue weighted by Gasteiger charge is -2.41. The van der Waals surface area contributed by atoms with Gasteiger partial charge in [-0.05, 0) is 62.7 Å². The molecule has 100 valence electrons. The van der Waals surface area contributed by atoms with Gasteiger partial charge in [-0.25, -0.2) is 0 Å². The minimum absolute atomic E-state index is 0.146.